The van der Waals surface area contributed by atoms with Gasteiger partial charge < -0.3 is 10.3 Å². The number of carbonyl (C=O) groups is 1. The van der Waals surface area contributed by atoms with Crippen LogP contribution in [0.25, 0.3) is 11.1 Å². The average molecular weight is 322 g/mol. The minimum absolute atomic E-state index is 0.0609. The summed E-state index contributed by atoms with van der Waals surface area (Å²) in [5.41, 5.74) is 1.71. The van der Waals surface area contributed by atoms with Crippen LogP contribution in [0.4, 0.5) is 4.39 Å². The van der Waals surface area contributed by atoms with Gasteiger partial charge in [-0.25, -0.2) is 4.39 Å². The number of rotatable bonds is 4. The third-order valence-corrected chi connectivity index (χ3v) is 3.64. The number of pyridine rings is 1. The van der Waals surface area contributed by atoms with Crippen LogP contribution in [0.3, 0.4) is 0 Å². The van der Waals surface area contributed by atoms with E-state index in [2.05, 4.69) is 10.3 Å². The molecule has 3 aromatic rings. The molecule has 1 amide bonds. The van der Waals surface area contributed by atoms with E-state index in [0.29, 0.717) is 5.56 Å². The minimum atomic E-state index is -0.472. The molecule has 1 heterocycles. The first kappa shape index (κ1) is 15.7. The lowest BCUT2D eigenvalue weighted by Gasteiger charge is -2.09. The summed E-state index contributed by atoms with van der Waals surface area (Å²) >= 11 is 0. The van der Waals surface area contributed by atoms with E-state index < -0.39 is 11.5 Å². The quantitative estimate of drug-likeness (QED) is 0.775. The van der Waals surface area contributed by atoms with E-state index >= 15 is 0 Å². The number of hydrogen-bond acceptors (Lipinski definition) is 2. The molecule has 2 N–H and O–H groups in total. The fourth-order valence-electron chi connectivity index (χ4n) is 2.44. The number of amides is 1. The smallest absolute Gasteiger partial charge is 0.261 e. The van der Waals surface area contributed by atoms with Gasteiger partial charge in [0.05, 0.1) is 0 Å². The van der Waals surface area contributed by atoms with Crippen molar-refractivity contribution in [3.8, 4) is 11.1 Å². The van der Waals surface area contributed by atoms with Gasteiger partial charge in [-0.2, -0.15) is 0 Å². The van der Waals surface area contributed by atoms with Crippen molar-refractivity contribution in [2.75, 3.05) is 0 Å². The molecule has 0 aliphatic rings. The molecule has 4 nitrogen and oxygen atoms in total. The van der Waals surface area contributed by atoms with Crippen LogP contribution in [0, 0.1) is 5.82 Å². The molecule has 0 saturated carbocycles. The average Bonchev–Trinajstić information content (AvgIpc) is 2.61. The maximum atomic E-state index is 12.9. The monoisotopic (exact) mass is 322 g/mol. The van der Waals surface area contributed by atoms with Crippen molar-refractivity contribution in [3.63, 3.8) is 0 Å². The number of aromatic amines is 1. The van der Waals surface area contributed by atoms with E-state index in [1.54, 1.807) is 18.2 Å². The summed E-state index contributed by atoms with van der Waals surface area (Å²) in [7, 11) is 0. The van der Waals surface area contributed by atoms with Crippen LogP contribution in [0.2, 0.25) is 0 Å². The summed E-state index contributed by atoms with van der Waals surface area (Å²) in [6, 6.07) is 16.8. The minimum Gasteiger partial charge on any atom is -0.348 e. The maximum Gasteiger partial charge on any atom is 0.261 e. The molecule has 0 spiro atoms. The lowest BCUT2D eigenvalue weighted by molar-refractivity contribution is 0.0950. The van der Waals surface area contributed by atoms with Crippen molar-refractivity contribution in [1.29, 1.82) is 0 Å². The molecule has 0 aliphatic carbocycles. The summed E-state index contributed by atoms with van der Waals surface area (Å²) in [5.74, 6) is -0.809. The zero-order chi connectivity index (χ0) is 16.9. The largest absolute Gasteiger partial charge is 0.348 e. The number of halogens is 1. The number of benzene rings is 2. The zero-order valence-electron chi connectivity index (χ0n) is 12.8. The van der Waals surface area contributed by atoms with E-state index in [9.17, 15) is 14.0 Å². The second kappa shape index (κ2) is 6.91. The summed E-state index contributed by atoms with van der Waals surface area (Å²) in [6.07, 6.45) is 1.52. The van der Waals surface area contributed by atoms with Crippen molar-refractivity contribution in [3.05, 3.63) is 94.2 Å². The first-order valence-corrected chi connectivity index (χ1v) is 7.45. The Balaban J connectivity index is 1.87. The standard InChI is InChI=1S/C19H15FN2O2/c20-15-8-6-13(7-9-15)12-22-19(24)17-16(10-11-21-18(17)23)14-4-2-1-3-5-14/h1-11H,12H2,(H,21,23)(H,22,24). The molecule has 0 radical (unpaired) electrons. The van der Waals surface area contributed by atoms with Crippen LogP contribution in [0.15, 0.2) is 71.7 Å². The van der Waals surface area contributed by atoms with Crippen molar-refractivity contribution < 1.29 is 9.18 Å². The molecule has 0 unspecified atom stereocenters. The molecule has 3 rings (SSSR count). The molecule has 120 valence electrons. The number of hydrogen-bond donors (Lipinski definition) is 2. The van der Waals surface area contributed by atoms with Crippen molar-refractivity contribution in [2.45, 2.75) is 6.54 Å². The van der Waals surface area contributed by atoms with Gasteiger partial charge in [0.25, 0.3) is 11.5 Å². The highest BCUT2D eigenvalue weighted by Gasteiger charge is 2.16. The fraction of sp³-hybridized carbons (Fsp3) is 0.0526. The topological polar surface area (TPSA) is 62.0 Å². The van der Waals surface area contributed by atoms with Crippen LogP contribution in [0.1, 0.15) is 15.9 Å². The lowest BCUT2D eigenvalue weighted by Crippen LogP contribution is -2.30. The van der Waals surface area contributed by atoms with Gasteiger partial charge in [0.2, 0.25) is 0 Å². The SMILES string of the molecule is O=C(NCc1ccc(F)cc1)c1c(-c2ccccc2)cc[nH]c1=O. The third-order valence-electron chi connectivity index (χ3n) is 3.64. The summed E-state index contributed by atoms with van der Waals surface area (Å²) < 4.78 is 12.9. The molecule has 5 heteroatoms. The maximum absolute atomic E-state index is 12.9. The second-order valence-corrected chi connectivity index (χ2v) is 5.27. The molecule has 0 fully saturated rings. The van der Waals surface area contributed by atoms with Crippen molar-refractivity contribution in [2.24, 2.45) is 0 Å². The Bertz CT molecular complexity index is 903. The Morgan fingerprint density at radius 2 is 1.71 bits per heavy atom. The van der Waals surface area contributed by atoms with Gasteiger partial charge in [-0.3, -0.25) is 9.59 Å². The zero-order valence-corrected chi connectivity index (χ0v) is 12.8. The highest BCUT2D eigenvalue weighted by atomic mass is 19.1. The Morgan fingerprint density at radius 3 is 2.42 bits per heavy atom. The van der Waals surface area contributed by atoms with Gasteiger partial charge in [0, 0.05) is 18.3 Å². The molecule has 0 bridgehead atoms. The normalized spacial score (nSPS) is 10.4. The van der Waals surface area contributed by atoms with Crippen LogP contribution in [0.5, 0.6) is 0 Å². The summed E-state index contributed by atoms with van der Waals surface area (Å²) in [5, 5.41) is 2.70. The Morgan fingerprint density at radius 1 is 1.00 bits per heavy atom. The van der Waals surface area contributed by atoms with Crippen LogP contribution in [-0.4, -0.2) is 10.9 Å². The Hall–Kier alpha value is -3.21. The summed E-state index contributed by atoms with van der Waals surface area (Å²) in [4.78, 5) is 27.2. The first-order valence-electron chi connectivity index (χ1n) is 7.45. The van der Waals surface area contributed by atoms with E-state index in [0.717, 1.165) is 11.1 Å². The van der Waals surface area contributed by atoms with Crippen LogP contribution in [-0.2, 0) is 6.54 Å². The van der Waals surface area contributed by atoms with Gasteiger partial charge in [-0.1, -0.05) is 42.5 Å². The van der Waals surface area contributed by atoms with Crippen LogP contribution >= 0.6 is 0 Å². The van der Waals surface area contributed by atoms with E-state index in [1.165, 1.54) is 18.3 Å². The van der Waals surface area contributed by atoms with Gasteiger partial charge >= 0.3 is 0 Å². The lowest BCUT2D eigenvalue weighted by atomic mass is 10.0. The van der Waals surface area contributed by atoms with E-state index in [-0.39, 0.29) is 17.9 Å². The van der Waals surface area contributed by atoms with Gasteiger partial charge in [-0.05, 0) is 29.3 Å². The highest BCUT2D eigenvalue weighted by molar-refractivity contribution is 6.00. The number of aromatic nitrogens is 1. The van der Waals surface area contributed by atoms with Gasteiger partial charge in [0.15, 0.2) is 0 Å². The first-order chi connectivity index (χ1) is 11.6. The number of nitrogens with one attached hydrogen (secondary N) is 2. The fourth-order valence-corrected chi connectivity index (χ4v) is 2.44. The molecule has 24 heavy (non-hydrogen) atoms. The number of H-pyrrole nitrogens is 1. The molecule has 0 atom stereocenters. The molecule has 0 saturated heterocycles. The van der Waals surface area contributed by atoms with Gasteiger partial charge in [-0.15, -0.1) is 0 Å². The molecule has 2 aromatic carbocycles. The molecular weight excluding hydrogens is 307 g/mol. The van der Waals surface area contributed by atoms with Crippen molar-refractivity contribution in [1.82, 2.24) is 10.3 Å². The van der Waals surface area contributed by atoms with Crippen molar-refractivity contribution >= 4 is 5.91 Å². The van der Waals surface area contributed by atoms with E-state index in [4.69, 9.17) is 0 Å². The van der Waals surface area contributed by atoms with Crippen LogP contribution < -0.4 is 10.9 Å². The molecule has 1 aromatic heterocycles. The Labute approximate surface area is 138 Å². The predicted molar refractivity (Wildman–Crippen MR) is 90.1 cm³/mol. The second-order valence-electron chi connectivity index (χ2n) is 5.27. The third kappa shape index (κ3) is 3.41. The highest BCUT2D eigenvalue weighted by Crippen LogP contribution is 2.20. The molecule has 0 aliphatic heterocycles. The number of carbonyl (C=O) groups excluding carboxylic acids is 1. The molecular formula is C19H15FN2O2. The predicted octanol–water partition coefficient (Wildman–Crippen LogP) is 3.11. The summed E-state index contributed by atoms with van der Waals surface area (Å²) in [6.45, 7) is 0.210. The van der Waals surface area contributed by atoms with Gasteiger partial charge in [0.1, 0.15) is 11.4 Å². The van der Waals surface area contributed by atoms with E-state index in [1.807, 2.05) is 30.3 Å². The Kier molecular flexibility index (Phi) is 4.52.